The maximum absolute atomic E-state index is 12.4. The fourth-order valence-corrected chi connectivity index (χ4v) is 1.84. The monoisotopic (exact) mass is 291 g/mol. The fourth-order valence-electron chi connectivity index (χ4n) is 1.21. The first kappa shape index (κ1) is 15.9. The van der Waals surface area contributed by atoms with Crippen molar-refractivity contribution >= 4 is 16.7 Å². The van der Waals surface area contributed by atoms with Gasteiger partial charge in [0, 0.05) is 0 Å². The molecular formula is C13H16F3NOS. The molecule has 0 aliphatic carbocycles. The molecule has 6 heteroatoms. The van der Waals surface area contributed by atoms with Crippen LogP contribution in [0, 0.1) is 0 Å². The number of rotatable bonds is 2. The number of halogens is 3. The summed E-state index contributed by atoms with van der Waals surface area (Å²) in [6.45, 7) is 6.98. The van der Waals surface area contributed by atoms with Gasteiger partial charge in [-0.1, -0.05) is 12.1 Å². The van der Waals surface area contributed by atoms with Gasteiger partial charge in [-0.05, 0) is 45.4 Å². The first-order chi connectivity index (χ1) is 8.51. The molecule has 0 spiro atoms. The molecule has 106 valence electrons. The van der Waals surface area contributed by atoms with E-state index < -0.39 is 27.5 Å². The molecule has 0 saturated heterocycles. The van der Waals surface area contributed by atoms with Gasteiger partial charge < -0.3 is 0 Å². The highest BCUT2D eigenvalue weighted by atomic mass is 32.2. The van der Waals surface area contributed by atoms with E-state index in [-0.39, 0.29) is 0 Å². The van der Waals surface area contributed by atoms with Gasteiger partial charge in [-0.3, -0.25) is 0 Å². The highest BCUT2D eigenvalue weighted by Crippen LogP contribution is 2.29. The molecule has 0 aromatic heterocycles. The first-order valence-corrected chi connectivity index (χ1v) is 6.77. The van der Waals surface area contributed by atoms with E-state index in [9.17, 15) is 17.4 Å². The van der Waals surface area contributed by atoms with Crippen molar-refractivity contribution in [3.63, 3.8) is 0 Å². The van der Waals surface area contributed by atoms with Crippen LogP contribution in [0.4, 0.5) is 13.2 Å². The van der Waals surface area contributed by atoms with Crippen LogP contribution in [-0.4, -0.2) is 14.7 Å². The SMILES string of the molecule is C/C(=N\S(=O)C(C)(C)C)c1ccc(C(F)(F)F)cc1. The first-order valence-electron chi connectivity index (χ1n) is 5.67. The van der Waals surface area contributed by atoms with E-state index >= 15 is 0 Å². The minimum atomic E-state index is -4.35. The van der Waals surface area contributed by atoms with E-state index in [1.807, 2.05) is 0 Å². The van der Waals surface area contributed by atoms with Crippen LogP contribution in [0.1, 0.15) is 38.8 Å². The van der Waals surface area contributed by atoms with Crippen molar-refractivity contribution in [3.8, 4) is 0 Å². The quantitative estimate of drug-likeness (QED) is 0.758. The van der Waals surface area contributed by atoms with Crippen molar-refractivity contribution in [2.24, 2.45) is 4.40 Å². The second-order valence-corrected chi connectivity index (χ2v) is 7.02. The summed E-state index contributed by atoms with van der Waals surface area (Å²) in [6.07, 6.45) is -4.35. The van der Waals surface area contributed by atoms with Crippen LogP contribution >= 0.6 is 0 Å². The molecule has 19 heavy (non-hydrogen) atoms. The van der Waals surface area contributed by atoms with Gasteiger partial charge in [0.05, 0.1) is 16.0 Å². The summed E-state index contributed by atoms with van der Waals surface area (Å²) in [7, 11) is -1.42. The second kappa shape index (κ2) is 5.45. The lowest BCUT2D eigenvalue weighted by Crippen LogP contribution is -2.20. The van der Waals surface area contributed by atoms with E-state index in [1.54, 1.807) is 27.7 Å². The predicted octanol–water partition coefficient (Wildman–Crippen LogP) is 3.98. The Balaban J connectivity index is 2.99. The van der Waals surface area contributed by atoms with E-state index in [4.69, 9.17) is 0 Å². The number of hydrogen-bond donors (Lipinski definition) is 0. The van der Waals surface area contributed by atoms with E-state index in [1.165, 1.54) is 12.1 Å². The summed E-state index contributed by atoms with van der Waals surface area (Å²) in [6, 6.07) is 4.66. The molecule has 0 radical (unpaired) electrons. The molecule has 0 aliphatic rings. The van der Waals surface area contributed by atoms with Crippen molar-refractivity contribution in [2.45, 2.75) is 38.6 Å². The summed E-state index contributed by atoms with van der Waals surface area (Å²) in [5, 5.41) is 0. The molecule has 1 atom stereocenters. The molecule has 0 saturated carbocycles. The third-order valence-electron chi connectivity index (χ3n) is 2.37. The molecular weight excluding hydrogens is 275 g/mol. The topological polar surface area (TPSA) is 29.4 Å². The predicted molar refractivity (Wildman–Crippen MR) is 71.6 cm³/mol. The Morgan fingerprint density at radius 1 is 1.11 bits per heavy atom. The molecule has 1 rings (SSSR count). The Morgan fingerprint density at radius 2 is 1.58 bits per heavy atom. The molecule has 0 amide bonds. The van der Waals surface area contributed by atoms with E-state index in [0.717, 1.165) is 12.1 Å². The van der Waals surface area contributed by atoms with Gasteiger partial charge in [0.15, 0.2) is 0 Å². The molecule has 1 aromatic rings. The van der Waals surface area contributed by atoms with Crippen molar-refractivity contribution in [1.82, 2.24) is 0 Å². The van der Waals surface area contributed by atoms with Gasteiger partial charge >= 0.3 is 6.18 Å². The van der Waals surface area contributed by atoms with Crippen molar-refractivity contribution in [1.29, 1.82) is 0 Å². The normalized spacial score (nSPS) is 15.4. The van der Waals surface area contributed by atoms with Gasteiger partial charge in [0.25, 0.3) is 0 Å². The van der Waals surface area contributed by atoms with Crippen LogP contribution < -0.4 is 0 Å². The van der Waals surface area contributed by atoms with Gasteiger partial charge in [-0.15, -0.1) is 0 Å². The summed E-state index contributed by atoms with van der Waals surface area (Å²) in [4.78, 5) is 0. The summed E-state index contributed by atoms with van der Waals surface area (Å²) >= 11 is 0. The summed E-state index contributed by atoms with van der Waals surface area (Å²) in [5.74, 6) is 0. The Morgan fingerprint density at radius 3 is 1.95 bits per heavy atom. The third kappa shape index (κ3) is 4.45. The van der Waals surface area contributed by atoms with Gasteiger partial charge in [0.2, 0.25) is 0 Å². The summed E-state index contributed by atoms with van der Waals surface area (Å²) < 4.78 is 52.6. The van der Waals surface area contributed by atoms with Crippen molar-refractivity contribution in [3.05, 3.63) is 35.4 Å². The molecule has 2 nitrogen and oxygen atoms in total. The van der Waals surface area contributed by atoms with E-state index in [0.29, 0.717) is 11.3 Å². The molecule has 0 N–H and O–H groups in total. The zero-order chi connectivity index (χ0) is 14.8. The fraction of sp³-hybridized carbons (Fsp3) is 0.462. The van der Waals surface area contributed by atoms with Crippen LogP contribution in [0.5, 0.6) is 0 Å². The lowest BCUT2D eigenvalue weighted by molar-refractivity contribution is -0.137. The number of benzene rings is 1. The minimum absolute atomic E-state index is 0.460. The van der Waals surface area contributed by atoms with Crippen molar-refractivity contribution in [2.75, 3.05) is 0 Å². The van der Waals surface area contributed by atoms with Crippen LogP contribution in [0.25, 0.3) is 0 Å². The zero-order valence-electron chi connectivity index (χ0n) is 11.2. The highest BCUT2D eigenvalue weighted by Gasteiger charge is 2.30. The van der Waals surface area contributed by atoms with Gasteiger partial charge in [0.1, 0.15) is 11.0 Å². The second-order valence-electron chi connectivity index (χ2n) is 5.11. The van der Waals surface area contributed by atoms with Gasteiger partial charge in [-0.2, -0.15) is 17.6 Å². The zero-order valence-corrected chi connectivity index (χ0v) is 12.0. The Kier molecular flexibility index (Phi) is 4.55. The lowest BCUT2D eigenvalue weighted by atomic mass is 10.1. The summed E-state index contributed by atoms with van der Waals surface area (Å²) in [5.41, 5.74) is 0.286. The molecule has 0 fully saturated rings. The third-order valence-corrected chi connectivity index (χ3v) is 3.86. The van der Waals surface area contributed by atoms with Crippen LogP contribution in [0.15, 0.2) is 28.7 Å². The molecule has 0 bridgehead atoms. The van der Waals surface area contributed by atoms with Crippen LogP contribution in [0.3, 0.4) is 0 Å². The Labute approximate surface area is 113 Å². The average molecular weight is 291 g/mol. The maximum Gasteiger partial charge on any atom is 0.416 e. The Hall–Kier alpha value is -1.17. The molecule has 1 unspecified atom stereocenters. The average Bonchev–Trinajstić information content (AvgIpc) is 2.26. The largest absolute Gasteiger partial charge is 0.416 e. The molecule has 0 heterocycles. The minimum Gasteiger partial charge on any atom is -0.234 e. The van der Waals surface area contributed by atoms with Gasteiger partial charge in [-0.25, -0.2) is 4.21 Å². The smallest absolute Gasteiger partial charge is 0.234 e. The molecule has 0 aliphatic heterocycles. The number of nitrogens with zero attached hydrogens (tertiary/aromatic N) is 1. The Bertz CT molecular complexity index is 498. The van der Waals surface area contributed by atoms with Crippen molar-refractivity contribution < 1.29 is 17.4 Å². The number of hydrogen-bond acceptors (Lipinski definition) is 1. The standard InChI is InChI=1S/C13H16F3NOS/c1-9(17-19(18)12(2,3)4)10-5-7-11(8-6-10)13(14,15)16/h5-8H,1-4H3/b17-9+. The molecule has 1 aromatic carbocycles. The lowest BCUT2D eigenvalue weighted by Gasteiger charge is -2.14. The van der Waals surface area contributed by atoms with Crippen LogP contribution in [-0.2, 0) is 17.2 Å². The number of alkyl halides is 3. The van der Waals surface area contributed by atoms with Crippen LogP contribution in [0.2, 0.25) is 0 Å². The maximum atomic E-state index is 12.4. The highest BCUT2D eigenvalue weighted by molar-refractivity contribution is 7.85. The van der Waals surface area contributed by atoms with E-state index in [2.05, 4.69) is 4.40 Å².